The molecule has 2 unspecified atom stereocenters. The van der Waals surface area contributed by atoms with Crippen LogP contribution in [-0.2, 0) is 16.1 Å². The number of carboxylic acid groups (broad SMARTS) is 1. The van der Waals surface area contributed by atoms with Crippen molar-refractivity contribution >= 4 is 5.97 Å². The van der Waals surface area contributed by atoms with Gasteiger partial charge in [0.15, 0.2) is 0 Å². The highest BCUT2D eigenvalue weighted by atomic mass is 16.5. The van der Waals surface area contributed by atoms with Crippen molar-refractivity contribution in [1.82, 2.24) is 0 Å². The summed E-state index contributed by atoms with van der Waals surface area (Å²) in [6.45, 7) is 1.31. The topological polar surface area (TPSA) is 46.5 Å². The molecule has 0 saturated heterocycles. The number of benzene rings is 1. The summed E-state index contributed by atoms with van der Waals surface area (Å²) < 4.78 is 5.78. The average molecular weight is 262 g/mol. The van der Waals surface area contributed by atoms with Gasteiger partial charge < -0.3 is 9.84 Å². The van der Waals surface area contributed by atoms with Gasteiger partial charge in [-0.3, -0.25) is 4.79 Å². The van der Waals surface area contributed by atoms with Crippen molar-refractivity contribution in [2.45, 2.75) is 38.7 Å². The number of carbonyl (C=O) groups is 1. The van der Waals surface area contributed by atoms with Gasteiger partial charge in [0.2, 0.25) is 0 Å². The molecule has 1 aliphatic carbocycles. The van der Waals surface area contributed by atoms with E-state index in [4.69, 9.17) is 9.84 Å². The van der Waals surface area contributed by atoms with E-state index >= 15 is 0 Å². The van der Waals surface area contributed by atoms with E-state index in [1.54, 1.807) is 0 Å². The number of ether oxygens (including phenoxy) is 1. The lowest BCUT2D eigenvalue weighted by Gasteiger charge is -2.30. The van der Waals surface area contributed by atoms with Gasteiger partial charge in [-0.25, -0.2) is 0 Å². The highest BCUT2D eigenvalue weighted by Crippen LogP contribution is 2.32. The second-order valence-electron chi connectivity index (χ2n) is 5.40. The van der Waals surface area contributed by atoms with Crippen LogP contribution in [0.15, 0.2) is 30.3 Å². The fourth-order valence-electron chi connectivity index (χ4n) is 2.90. The minimum Gasteiger partial charge on any atom is -0.481 e. The van der Waals surface area contributed by atoms with Gasteiger partial charge in [-0.05, 0) is 30.2 Å². The van der Waals surface area contributed by atoms with Crippen molar-refractivity contribution in [2.75, 3.05) is 6.61 Å². The molecule has 0 aliphatic heterocycles. The zero-order chi connectivity index (χ0) is 13.5. The van der Waals surface area contributed by atoms with E-state index < -0.39 is 5.97 Å². The molecule has 1 aliphatic rings. The number of hydrogen-bond donors (Lipinski definition) is 1. The lowest BCUT2D eigenvalue weighted by molar-refractivity contribution is -0.139. The van der Waals surface area contributed by atoms with Crippen molar-refractivity contribution in [3.63, 3.8) is 0 Å². The van der Waals surface area contributed by atoms with Crippen LogP contribution < -0.4 is 0 Å². The Morgan fingerprint density at radius 3 is 2.53 bits per heavy atom. The van der Waals surface area contributed by atoms with Crippen LogP contribution in [0.25, 0.3) is 0 Å². The highest BCUT2D eigenvalue weighted by molar-refractivity contribution is 5.67. The molecule has 2 atom stereocenters. The predicted octanol–water partition coefficient (Wildman–Crippen LogP) is 3.48. The minimum atomic E-state index is -0.681. The van der Waals surface area contributed by atoms with Gasteiger partial charge in [0.1, 0.15) is 0 Å². The molecule has 0 radical (unpaired) electrons. The van der Waals surface area contributed by atoms with Gasteiger partial charge >= 0.3 is 5.97 Å². The van der Waals surface area contributed by atoms with Crippen LogP contribution in [0.1, 0.15) is 37.7 Å². The molecule has 0 heterocycles. The molecule has 1 fully saturated rings. The molecule has 2 rings (SSSR count). The number of carboxylic acids is 1. The van der Waals surface area contributed by atoms with Crippen molar-refractivity contribution in [2.24, 2.45) is 11.8 Å². The monoisotopic (exact) mass is 262 g/mol. The third-order valence-corrected chi connectivity index (χ3v) is 3.95. The smallest absolute Gasteiger partial charge is 0.303 e. The largest absolute Gasteiger partial charge is 0.481 e. The second-order valence-corrected chi connectivity index (χ2v) is 5.40. The quantitative estimate of drug-likeness (QED) is 0.853. The van der Waals surface area contributed by atoms with E-state index in [0.29, 0.717) is 31.5 Å². The molecule has 3 nitrogen and oxygen atoms in total. The number of rotatable bonds is 6. The number of hydrogen-bond acceptors (Lipinski definition) is 2. The van der Waals surface area contributed by atoms with Gasteiger partial charge in [0.05, 0.1) is 13.2 Å². The predicted molar refractivity (Wildman–Crippen MR) is 73.8 cm³/mol. The minimum absolute atomic E-state index is 0.291. The maximum absolute atomic E-state index is 10.9. The molecule has 104 valence electrons. The Hall–Kier alpha value is -1.35. The van der Waals surface area contributed by atoms with E-state index in [2.05, 4.69) is 12.1 Å². The first-order chi connectivity index (χ1) is 9.25. The van der Waals surface area contributed by atoms with E-state index in [-0.39, 0.29) is 0 Å². The van der Waals surface area contributed by atoms with Crippen LogP contribution in [0.4, 0.5) is 0 Å². The van der Waals surface area contributed by atoms with Gasteiger partial charge in [0, 0.05) is 6.42 Å². The molecule has 0 amide bonds. The van der Waals surface area contributed by atoms with Crippen LogP contribution in [-0.4, -0.2) is 17.7 Å². The van der Waals surface area contributed by atoms with E-state index in [9.17, 15) is 4.79 Å². The van der Waals surface area contributed by atoms with Gasteiger partial charge in [0.25, 0.3) is 0 Å². The summed E-state index contributed by atoms with van der Waals surface area (Å²) in [6, 6.07) is 10.1. The zero-order valence-corrected chi connectivity index (χ0v) is 11.3. The summed E-state index contributed by atoms with van der Waals surface area (Å²) in [5.74, 6) is 0.0237. The maximum atomic E-state index is 10.9. The van der Waals surface area contributed by atoms with Gasteiger partial charge in [-0.2, -0.15) is 0 Å². The molecule has 19 heavy (non-hydrogen) atoms. The highest BCUT2D eigenvalue weighted by Gasteiger charge is 2.27. The molecule has 3 heteroatoms. The summed E-state index contributed by atoms with van der Waals surface area (Å²) in [7, 11) is 0. The van der Waals surface area contributed by atoms with Crippen LogP contribution in [0.5, 0.6) is 0 Å². The van der Waals surface area contributed by atoms with Crippen molar-refractivity contribution < 1.29 is 14.6 Å². The summed E-state index contributed by atoms with van der Waals surface area (Å²) in [6.07, 6.45) is 4.79. The fraction of sp³-hybridized carbons (Fsp3) is 0.562. The summed E-state index contributed by atoms with van der Waals surface area (Å²) in [5.41, 5.74) is 1.17. The van der Waals surface area contributed by atoms with Crippen LogP contribution in [0.2, 0.25) is 0 Å². The normalized spacial score (nSPS) is 23.2. The molecule has 0 spiro atoms. The Morgan fingerprint density at radius 1 is 1.16 bits per heavy atom. The van der Waals surface area contributed by atoms with Gasteiger partial charge in [-0.1, -0.05) is 43.2 Å². The first-order valence-corrected chi connectivity index (χ1v) is 7.09. The average Bonchev–Trinajstić information content (AvgIpc) is 2.41. The van der Waals surface area contributed by atoms with Gasteiger partial charge in [-0.15, -0.1) is 0 Å². The Kier molecular flexibility index (Phi) is 5.40. The Labute approximate surface area is 114 Å². The summed E-state index contributed by atoms with van der Waals surface area (Å²) in [4.78, 5) is 10.9. The van der Waals surface area contributed by atoms with E-state index in [1.165, 1.54) is 12.0 Å². The Balaban J connectivity index is 1.78. The SMILES string of the molecule is O=C(O)CC1CCCCC1COCc1ccccc1. The second kappa shape index (κ2) is 7.29. The van der Waals surface area contributed by atoms with E-state index in [1.807, 2.05) is 18.2 Å². The Morgan fingerprint density at radius 2 is 1.84 bits per heavy atom. The molecule has 0 bridgehead atoms. The van der Waals surface area contributed by atoms with E-state index in [0.717, 1.165) is 19.3 Å². The maximum Gasteiger partial charge on any atom is 0.303 e. The summed E-state index contributed by atoms with van der Waals surface area (Å²) >= 11 is 0. The van der Waals surface area contributed by atoms with Crippen molar-refractivity contribution in [3.05, 3.63) is 35.9 Å². The standard InChI is InChI=1S/C16H22O3/c17-16(18)10-14-8-4-5-9-15(14)12-19-11-13-6-2-1-3-7-13/h1-3,6-7,14-15H,4-5,8-12H2,(H,17,18). The zero-order valence-electron chi connectivity index (χ0n) is 11.3. The molecule has 1 saturated carbocycles. The lowest BCUT2D eigenvalue weighted by atomic mass is 9.78. The van der Waals surface area contributed by atoms with Crippen LogP contribution in [0.3, 0.4) is 0 Å². The van der Waals surface area contributed by atoms with Crippen molar-refractivity contribution in [3.8, 4) is 0 Å². The molecule has 1 aromatic carbocycles. The van der Waals surface area contributed by atoms with Crippen molar-refractivity contribution in [1.29, 1.82) is 0 Å². The molecule has 1 N–H and O–H groups in total. The first-order valence-electron chi connectivity index (χ1n) is 7.09. The fourth-order valence-corrected chi connectivity index (χ4v) is 2.90. The molecular formula is C16H22O3. The first kappa shape index (κ1) is 14.1. The summed E-state index contributed by atoms with van der Waals surface area (Å²) in [5, 5.41) is 8.95. The lowest BCUT2D eigenvalue weighted by Crippen LogP contribution is -2.26. The third kappa shape index (κ3) is 4.67. The molecule has 0 aromatic heterocycles. The third-order valence-electron chi connectivity index (χ3n) is 3.95. The Bertz CT molecular complexity index is 388. The van der Waals surface area contributed by atoms with Crippen LogP contribution in [0, 0.1) is 11.8 Å². The van der Waals surface area contributed by atoms with Crippen LogP contribution >= 0.6 is 0 Å². The molecule has 1 aromatic rings. The number of aliphatic carboxylic acids is 1. The molecular weight excluding hydrogens is 240 g/mol.